The number of aromatic amines is 1. The SMILES string of the molecule is O=C(O)C1CNc2cc(OCNc3ccc4n[nH]nc4c3)ccc2N1Cc1ccccc1. The van der Waals surface area contributed by atoms with Gasteiger partial charge in [-0.15, -0.1) is 0 Å². The molecule has 32 heavy (non-hydrogen) atoms. The number of ether oxygens (including phenoxy) is 1. The third kappa shape index (κ3) is 4.00. The first-order valence-electron chi connectivity index (χ1n) is 10.3. The minimum Gasteiger partial charge on any atom is -0.480 e. The molecule has 3 aromatic carbocycles. The maximum absolute atomic E-state index is 11.8. The summed E-state index contributed by atoms with van der Waals surface area (Å²) in [7, 11) is 0. The van der Waals surface area contributed by atoms with Crippen LogP contribution >= 0.6 is 0 Å². The molecule has 1 aromatic heterocycles. The number of hydrogen-bond acceptors (Lipinski definition) is 7. The van der Waals surface area contributed by atoms with Crippen LogP contribution in [0.5, 0.6) is 5.75 Å². The van der Waals surface area contributed by atoms with Crippen LogP contribution in [0.4, 0.5) is 17.1 Å². The van der Waals surface area contributed by atoms with Crippen LogP contribution < -0.4 is 20.3 Å². The highest BCUT2D eigenvalue weighted by Crippen LogP contribution is 2.35. The Morgan fingerprint density at radius 1 is 1.09 bits per heavy atom. The Hall–Kier alpha value is -4.27. The maximum Gasteiger partial charge on any atom is 0.328 e. The predicted octanol–water partition coefficient (Wildman–Crippen LogP) is 3.29. The Kier molecular flexibility index (Phi) is 5.20. The Morgan fingerprint density at radius 2 is 1.94 bits per heavy atom. The van der Waals surface area contributed by atoms with Gasteiger partial charge in [-0.1, -0.05) is 30.3 Å². The molecule has 0 spiro atoms. The number of hydrogen-bond donors (Lipinski definition) is 4. The second-order valence-electron chi connectivity index (χ2n) is 7.52. The number of anilines is 3. The van der Waals surface area contributed by atoms with Gasteiger partial charge in [0.2, 0.25) is 0 Å². The summed E-state index contributed by atoms with van der Waals surface area (Å²) in [4.78, 5) is 13.8. The minimum atomic E-state index is -0.854. The fraction of sp³-hybridized carbons (Fsp3) is 0.174. The lowest BCUT2D eigenvalue weighted by Gasteiger charge is -2.37. The van der Waals surface area contributed by atoms with E-state index in [1.54, 1.807) is 0 Å². The number of carboxylic acids is 1. The van der Waals surface area contributed by atoms with E-state index in [0.29, 0.717) is 18.8 Å². The Morgan fingerprint density at radius 3 is 2.78 bits per heavy atom. The molecule has 0 saturated heterocycles. The molecule has 0 radical (unpaired) electrons. The fourth-order valence-corrected chi connectivity index (χ4v) is 3.83. The second-order valence-corrected chi connectivity index (χ2v) is 7.52. The first-order chi connectivity index (χ1) is 15.7. The summed E-state index contributed by atoms with van der Waals surface area (Å²) < 4.78 is 5.87. The van der Waals surface area contributed by atoms with E-state index < -0.39 is 12.0 Å². The van der Waals surface area contributed by atoms with E-state index in [0.717, 1.165) is 33.7 Å². The molecule has 0 saturated carbocycles. The predicted molar refractivity (Wildman–Crippen MR) is 122 cm³/mol. The molecule has 9 heteroatoms. The molecule has 5 rings (SSSR count). The number of rotatable bonds is 7. The molecule has 162 valence electrons. The van der Waals surface area contributed by atoms with Gasteiger partial charge < -0.3 is 25.4 Å². The van der Waals surface area contributed by atoms with Gasteiger partial charge in [-0.05, 0) is 35.9 Å². The summed E-state index contributed by atoms with van der Waals surface area (Å²) in [6, 6.07) is 20.5. The first kappa shape index (κ1) is 19.7. The summed E-state index contributed by atoms with van der Waals surface area (Å²) in [6.07, 6.45) is 0. The van der Waals surface area contributed by atoms with Crippen molar-refractivity contribution < 1.29 is 14.6 Å². The van der Waals surface area contributed by atoms with Gasteiger partial charge in [-0.3, -0.25) is 0 Å². The third-order valence-corrected chi connectivity index (χ3v) is 5.45. The molecule has 1 atom stereocenters. The zero-order chi connectivity index (χ0) is 21.9. The molecule has 0 bridgehead atoms. The summed E-state index contributed by atoms with van der Waals surface area (Å²) >= 11 is 0. The molecule has 4 N–H and O–H groups in total. The van der Waals surface area contributed by atoms with Gasteiger partial charge >= 0.3 is 5.97 Å². The zero-order valence-electron chi connectivity index (χ0n) is 17.2. The van der Waals surface area contributed by atoms with Gasteiger partial charge in [-0.25, -0.2) is 4.79 Å². The number of aliphatic carboxylic acids is 1. The fourth-order valence-electron chi connectivity index (χ4n) is 3.83. The average molecular weight is 430 g/mol. The summed E-state index contributed by atoms with van der Waals surface area (Å²) in [5, 5.41) is 26.9. The number of H-pyrrole nitrogens is 1. The number of benzene rings is 3. The van der Waals surface area contributed by atoms with Gasteiger partial charge in [0, 0.05) is 24.8 Å². The van der Waals surface area contributed by atoms with Crippen LogP contribution in [0.2, 0.25) is 0 Å². The Labute approximate surface area is 184 Å². The Bertz CT molecular complexity index is 1240. The first-order valence-corrected chi connectivity index (χ1v) is 10.3. The van der Waals surface area contributed by atoms with Crippen LogP contribution in [-0.4, -0.2) is 45.8 Å². The number of fused-ring (bicyclic) bond motifs is 2. The van der Waals surface area contributed by atoms with E-state index in [1.165, 1.54) is 0 Å². The summed E-state index contributed by atoms with van der Waals surface area (Å²) in [5.41, 5.74) is 5.20. The molecule has 4 aromatic rings. The van der Waals surface area contributed by atoms with Crippen molar-refractivity contribution in [2.24, 2.45) is 0 Å². The third-order valence-electron chi connectivity index (χ3n) is 5.45. The number of nitrogens with zero attached hydrogens (tertiary/aromatic N) is 3. The van der Waals surface area contributed by atoms with Gasteiger partial charge in [0.15, 0.2) is 6.73 Å². The van der Waals surface area contributed by atoms with E-state index in [1.807, 2.05) is 71.6 Å². The molecule has 1 unspecified atom stereocenters. The minimum absolute atomic E-state index is 0.271. The number of carbonyl (C=O) groups is 1. The Balaban J connectivity index is 1.30. The molecule has 0 amide bonds. The molecule has 1 aliphatic heterocycles. The van der Waals surface area contributed by atoms with E-state index in [9.17, 15) is 9.90 Å². The van der Waals surface area contributed by atoms with Crippen molar-refractivity contribution in [2.75, 3.05) is 28.8 Å². The van der Waals surface area contributed by atoms with Crippen molar-refractivity contribution >= 4 is 34.1 Å². The van der Waals surface area contributed by atoms with Crippen molar-refractivity contribution in [3.63, 3.8) is 0 Å². The monoisotopic (exact) mass is 430 g/mol. The molecule has 1 aliphatic rings. The van der Waals surface area contributed by atoms with Crippen molar-refractivity contribution in [3.05, 3.63) is 72.3 Å². The largest absolute Gasteiger partial charge is 0.480 e. The van der Waals surface area contributed by atoms with Crippen LogP contribution in [0, 0.1) is 0 Å². The molecule has 9 nitrogen and oxygen atoms in total. The molecule has 0 aliphatic carbocycles. The van der Waals surface area contributed by atoms with Crippen molar-refractivity contribution in [3.8, 4) is 5.75 Å². The van der Waals surface area contributed by atoms with Crippen LogP contribution in [0.3, 0.4) is 0 Å². The number of aromatic nitrogens is 3. The van der Waals surface area contributed by atoms with E-state index in [-0.39, 0.29) is 6.73 Å². The quantitative estimate of drug-likeness (QED) is 0.330. The van der Waals surface area contributed by atoms with Gasteiger partial charge in [0.25, 0.3) is 0 Å². The standard InChI is InChI=1S/C23H22N6O3/c30-23(31)22-12-24-20-11-17(7-9-21(20)29(22)13-15-4-2-1-3-5-15)32-14-25-16-6-8-18-19(10-16)27-28-26-18/h1-11,22,24-25H,12-14H2,(H,30,31)(H,26,27,28). The van der Waals surface area contributed by atoms with Crippen molar-refractivity contribution in [1.82, 2.24) is 15.4 Å². The summed E-state index contributed by atoms with van der Waals surface area (Å²) in [5.74, 6) is -0.174. The van der Waals surface area contributed by atoms with Crippen LogP contribution in [0.1, 0.15) is 5.56 Å². The second kappa shape index (κ2) is 8.46. The van der Waals surface area contributed by atoms with Gasteiger partial charge in [-0.2, -0.15) is 15.4 Å². The average Bonchev–Trinajstić information content (AvgIpc) is 3.27. The van der Waals surface area contributed by atoms with E-state index >= 15 is 0 Å². The van der Waals surface area contributed by atoms with Crippen LogP contribution in [0.25, 0.3) is 11.0 Å². The number of carboxylic acid groups (broad SMARTS) is 1. The molecular formula is C23H22N6O3. The highest BCUT2D eigenvalue weighted by atomic mass is 16.5. The maximum atomic E-state index is 11.8. The topological polar surface area (TPSA) is 115 Å². The molecular weight excluding hydrogens is 408 g/mol. The highest BCUT2D eigenvalue weighted by molar-refractivity contribution is 5.85. The van der Waals surface area contributed by atoms with E-state index in [4.69, 9.17) is 4.74 Å². The molecule has 0 fully saturated rings. The lowest BCUT2D eigenvalue weighted by molar-refractivity contribution is -0.138. The molecule has 2 heterocycles. The smallest absolute Gasteiger partial charge is 0.328 e. The highest BCUT2D eigenvalue weighted by Gasteiger charge is 2.31. The van der Waals surface area contributed by atoms with Gasteiger partial charge in [0.05, 0.1) is 11.4 Å². The normalized spacial score (nSPS) is 15.1. The van der Waals surface area contributed by atoms with Gasteiger partial charge in [0.1, 0.15) is 22.8 Å². The zero-order valence-corrected chi connectivity index (χ0v) is 17.2. The van der Waals surface area contributed by atoms with Crippen molar-refractivity contribution in [1.29, 1.82) is 0 Å². The number of nitrogens with one attached hydrogen (secondary N) is 3. The van der Waals surface area contributed by atoms with Crippen LogP contribution in [0.15, 0.2) is 66.7 Å². The lowest BCUT2D eigenvalue weighted by Crippen LogP contribution is -2.48. The summed E-state index contributed by atoms with van der Waals surface area (Å²) in [6.45, 7) is 1.10. The van der Waals surface area contributed by atoms with E-state index in [2.05, 4.69) is 26.0 Å². The van der Waals surface area contributed by atoms with Crippen molar-refractivity contribution in [2.45, 2.75) is 12.6 Å². The lowest BCUT2D eigenvalue weighted by atomic mass is 10.1. The van der Waals surface area contributed by atoms with Crippen LogP contribution in [-0.2, 0) is 11.3 Å².